The van der Waals surface area contributed by atoms with Gasteiger partial charge in [-0.15, -0.1) is 0 Å². The first-order chi connectivity index (χ1) is 13.4. The highest BCUT2D eigenvalue weighted by Crippen LogP contribution is 2.21. The zero-order chi connectivity index (χ0) is 20.1. The summed E-state index contributed by atoms with van der Waals surface area (Å²) in [4.78, 5) is 23.9. The number of rotatable bonds is 5. The molecule has 28 heavy (non-hydrogen) atoms. The molecule has 2 aromatic carbocycles. The molecule has 2 N–H and O–H groups in total. The van der Waals surface area contributed by atoms with Crippen molar-refractivity contribution in [3.63, 3.8) is 0 Å². The molecule has 1 fully saturated rings. The van der Waals surface area contributed by atoms with Crippen molar-refractivity contribution < 1.29 is 22.4 Å². The molecule has 0 atom stereocenters. The van der Waals surface area contributed by atoms with Crippen LogP contribution in [0.25, 0.3) is 0 Å². The molecule has 0 spiro atoms. The number of amides is 2. The second-order valence-electron chi connectivity index (χ2n) is 6.40. The number of halogens is 1. The Morgan fingerprint density at radius 1 is 0.929 bits per heavy atom. The highest BCUT2D eigenvalue weighted by atomic mass is 32.2. The van der Waals surface area contributed by atoms with Crippen molar-refractivity contribution >= 4 is 27.5 Å². The number of nitrogens with zero attached hydrogens (tertiary/aromatic N) is 1. The third kappa shape index (κ3) is 4.73. The van der Waals surface area contributed by atoms with Gasteiger partial charge in [-0.25, -0.2) is 12.8 Å². The summed E-state index contributed by atoms with van der Waals surface area (Å²) >= 11 is 0. The van der Waals surface area contributed by atoms with E-state index < -0.39 is 27.7 Å². The fraction of sp³-hybridized carbons (Fsp3) is 0.263. The largest absolute Gasteiger partial charge is 0.344 e. The van der Waals surface area contributed by atoms with Crippen molar-refractivity contribution in [2.45, 2.75) is 24.3 Å². The lowest BCUT2D eigenvalue weighted by molar-refractivity contribution is -0.136. The van der Waals surface area contributed by atoms with Crippen LogP contribution in [0.5, 0.6) is 0 Å². The number of hydrogen-bond donors (Lipinski definition) is 2. The molecule has 1 saturated heterocycles. The standard InChI is InChI=1S/C19H20FN3O4S/c20-15-5-7-16(8-6-15)22-19(25)18(24)21-13-14-3-9-17(10-4-14)28(26,27)23-11-1-2-12-23/h3-10H,1-2,11-13H2,(H,21,24)(H,22,25). The summed E-state index contributed by atoms with van der Waals surface area (Å²) in [6, 6.07) is 11.2. The summed E-state index contributed by atoms with van der Waals surface area (Å²) in [6.45, 7) is 1.13. The molecule has 1 aliphatic rings. The van der Waals surface area contributed by atoms with Crippen LogP contribution in [0.2, 0.25) is 0 Å². The van der Waals surface area contributed by atoms with E-state index in [2.05, 4.69) is 10.6 Å². The fourth-order valence-corrected chi connectivity index (χ4v) is 4.36. The van der Waals surface area contributed by atoms with E-state index >= 15 is 0 Å². The van der Waals surface area contributed by atoms with Gasteiger partial charge in [0.05, 0.1) is 4.90 Å². The molecule has 0 bridgehead atoms. The van der Waals surface area contributed by atoms with E-state index in [1.807, 2.05) is 0 Å². The van der Waals surface area contributed by atoms with Gasteiger partial charge in [0.2, 0.25) is 10.0 Å². The minimum atomic E-state index is -3.48. The zero-order valence-electron chi connectivity index (χ0n) is 15.0. The summed E-state index contributed by atoms with van der Waals surface area (Å²) < 4.78 is 39.3. The average molecular weight is 405 g/mol. The van der Waals surface area contributed by atoms with Gasteiger partial charge in [0.15, 0.2) is 0 Å². The van der Waals surface area contributed by atoms with Gasteiger partial charge < -0.3 is 10.6 Å². The molecule has 9 heteroatoms. The van der Waals surface area contributed by atoms with Crippen molar-refractivity contribution in [3.8, 4) is 0 Å². The summed E-state index contributed by atoms with van der Waals surface area (Å²) in [6.07, 6.45) is 1.73. The van der Waals surface area contributed by atoms with Gasteiger partial charge in [-0.1, -0.05) is 12.1 Å². The van der Waals surface area contributed by atoms with Gasteiger partial charge in [0.1, 0.15) is 5.82 Å². The molecule has 2 aromatic rings. The lowest BCUT2D eigenvalue weighted by Gasteiger charge is -2.15. The molecular formula is C19H20FN3O4S. The molecule has 0 radical (unpaired) electrons. The van der Waals surface area contributed by atoms with E-state index in [0.717, 1.165) is 12.8 Å². The highest BCUT2D eigenvalue weighted by molar-refractivity contribution is 7.89. The number of carbonyl (C=O) groups excluding carboxylic acids is 2. The molecule has 3 rings (SSSR count). The fourth-order valence-electron chi connectivity index (χ4n) is 2.84. The van der Waals surface area contributed by atoms with Crippen LogP contribution < -0.4 is 10.6 Å². The predicted octanol–water partition coefficient (Wildman–Crippen LogP) is 1.87. The number of carbonyl (C=O) groups is 2. The van der Waals surface area contributed by atoms with Crippen LogP contribution in [-0.4, -0.2) is 37.6 Å². The van der Waals surface area contributed by atoms with Crippen molar-refractivity contribution in [1.82, 2.24) is 9.62 Å². The minimum absolute atomic E-state index is 0.0692. The van der Waals surface area contributed by atoms with Crippen molar-refractivity contribution in [2.24, 2.45) is 0 Å². The predicted molar refractivity (Wildman–Crippen MR) is 101 cm³/mol. The first-order valence-electron chi connectivity index (χ1n) is 8.80. The molecule has 2 amide bonds. The quantitative estimate of drug-likeness (QED) is 0.743. The Kier molecular flexibility index (Phi) is 6.05. The zero-order valence-corrected chi connectivity index (χ0v) is 15.8. The van der Waals surface area contributed by atoms with Gasteiger partial charge in [-0.05, 0) is 54.8 Å². The van der Waals surface area contributed by atoms with E-state index in [9.17, 15) is 22.4 Å². The monoisotopic (exact) mass is 405 g/mol. The maximum absolute atomic E-state index is 12.8. The number of nitrogens with one attached hydrogen (secondary N) is 2. The Bertz CT molecular complexity index is 954. The second kappa shape index (κ2) is 8.49. The summed E-state index contributed by atoms with van der Waals surface area (Å²) in [7, 11) is -3.48. The Balaban J connectivity index is 1.54. The molecule has 1 heterocycles. The summed E-state index contributed by atoms with van der Waals surface area (Å²) in [5.41, 5.74) is 0.960. The normalized spacial score (nSPS) is 14.6. The molecule has 7 nitrogen and oxygen atoms in total. The highest BCUT2D eigenvalue weighted by Gasteiger charge is 2.26. The SMILES string of the molecule is O=C(NCc1ccc(S(=O)(=O)N2CCCC2)cc1)C(=O)Nc1ccc(F)cc1. The summed E-state index contributed by atoms with van der Waals surface area (Å²) in [5, 5.41) is 4.82. The molecule has 1 aliphatic heterocycles. The van der Waals surface area contributed by atoms with Crippen molar-refractivity contribution in [1.29, 1.82) is 0 Å². The van der Waals surface area contributed by atoms with E-state index in [1.165, 1.54) is 40.7 Å². The van der Waals surface area contributed by atoms with Crippen LogP contribution in [0.15, 0.2) is 53.4 Å². The molecule has 0 unspecified atom stereocenters. The molecule has 0 saturated carbocycles. The average Bonchev–Trinajstić information content (AvgIpc) is 3.24. The third-order valence-corrected chi connectivity index (χ3v) is 6.30. The van der Waals surface area contributed by atoms with Crippen LogP contribution in [0.4, 0.5) is 10.1 Å². The second-order valence-corrected chi connectivity index (χ2v) is 8.34. The molecule has 0 aliphatic carbocycles. The van der Waals surface area contributed by atoms with Gasteiger partial charge >= 0.3 is 11.8 Å². The van der Waals surface area contributed by atoms with Gasteiger partial charge in [0.25, 0.3) is 0 Å². The van der Waals surface area contributed by atoms with E-state index in [0.29, 0.717) is 24.3 Å². The van der Waals surface area contributed by atoms with Gasteiger partial charge in [-0.3, -0.25) is 9.59 Å². The van der Waals surface area contributed by atoms with Gasteiger partial charge in [-0.2, -0.15) is 4.31 Å². The maximum atomic E-state index is 12.8. The summed E-state index contributed by atoms with van der Waals surface area (Å²) in [5.74, 6) is -2.17. The van der Waals surface area contributed by atoms with Crippen LogP contribution in [0.1, 0.15) is 18.4 Å². The Morgan fingerprint density at radius 3 is 2.14 bits per heavy atom. The van der Waals surface area contributed by atoms with Crippen LogP contribution >= 0.6 is 0 Å². The molecular weight excluding hydrogens is 385 g/mol. The smallest absolute Gasteiger partial charge is 0.313 e. The van der Waals surface area contributed by atoms with Crippen LogP contribution in [-0.2, 0) is 26.2 Å². The number of benzene rings is 2. The molecule has 0 aromatic heterocycles. The van der Waals surface area contributed by atoms with Gasteiger partial charge in [0, 0.05) is 25.3 Å². The molecule has 148 valence electrons. The van der Waals surface area contributed by atoms with Crippen LogP contribution in [0, 0.1) is 5.82 Å². The minimum Gasteiger partial charge on any atom is -0.344 e. The maximum Gasteiger partial charge on any atom is 0.313 e. The first kappa shape index (κ1) is 20.0. The number of hydrogen-bond acceptors (Lipinski definition) is 4. The number of anilines is 1. The topological polar surface area (TPSA) is 95.6 Å². The lowest BCUT2D eigenvalue weighted by Crippen LogP contribution is -2.35. The lowest BCUT2D eigenvalue weighted by atomic mass is 10.2. The number of sulfonamides is 1. The van der Waals surface area contributed by atoms with E-state index in [-0.39, 0.29) is 11.4 Å². The Hall–Kier alpha value is -2.78. The van der Waals surface area contributed by atoms with Crippen molar-refractivity contribution in [3.05, 3.63) is 59.9 Å². The van der Waals surface area contributed by atoms with E-state index in [4.69, 9.17) is 0 Å². The first-order valence-corrected chi connectivity index (χ1v) is 10.2. The third-order valence-electron chi connectivity index (χ3n) is 4.39. The van der Waals surface area contributed by atoms with E-state index in [1.54, 1.807) is 12.1 Å². The van der Waals surface area contributed by atoms with Crippen molar-refractivity contribution in [2.75, 3.05) is 18.4 Å². The Labute approximate surface area is 162 Å². The Morgan fingerprint density at radius 2 is 1.54 bits per heavy atom. The van der Waals surface area contributed by atoms with Crippen LogP contribution in [0.3, 0.4) is 0 Å².